The number of aliphatic carboxylic acids is 1. The Balaban J connectivity index is 1.94. The number of carbonyl (C=O) groups is 2. The standard InChI is InChI=1S/C19H35NO3/c1-2-3-4-5-6-7-8-9-10-11-12-15-18(21)20-16-13-14-17(20)19(22)23/h17H,2-16H2,1H3,(H,22,23)/t17-/m1/s1. The number of nitrogens with zero attached hydrogens (tertiary/aromatic N) is 1. The molecule has 1 N–H and O–H groups in total. The molecule has 134 valence electrons. The molecule has 1 saturated heterocycles. The molecule has 1 heterocycles. The first-order valence-corrected chi connectivity index (χ1v) is 9.69. The number of unbranched alkanes of at least 4 members (excludes halogenated alkanes) is 10. The van der Waals surface area contributed by atoms with Crippen LogP contribution >= 0.6 is 0 Å². The van der Waals surface area contributed by atoms with Crippen LogP contribution < -0.4 is 0 Å². The molecule has 0 bridgehead atoms. The van der Waals surface area contributed by atoms with E-state index in [0.717, 1.165) is 19.3 Å². The van der Waals surface area contributed by atoms with Crippen LogP contribution in [0, 0.1) is 0 Å². The van der Waals surface area contributed by atoms with Gasteiger partial charge in [0.1, 0.15) is 6.04 Å². The zero-order valence-electron chi connectivity index (χ0n) is 14.9. The van der Waals surface area contributed by atoms with E-state index in [1.54, 1.807) is 4.90 Å². The summed E-state index contributed by atoms with van der Waals surface area (Å²) in [5.41, 5.74) is 0. The fourth-order valence-corrected chi connectivity index (χ4v) is 3.41. The SMILES string of the molecule is CCCCCCCCCCCCCC(=O)N1CCC[C@@H]1C(=O)O. The summed E-state index contributed by atoms with van der Waals surface area (Å²) in [4.78, 5) is 24.7. The van der Waals surface area contributed by atoms with Gasteiger partial charge in [-0.3, -0.25) is 4.79 Å². The molecule has 1 fully saturated rings. The van der Waals surface area contributed by atoms with Crippen molar-refractivity contribution in [2.75, 3.05) is 6.54 Å². The maximum Gasteiger partial charge on any atom is 0.326 e. The summed E-state index contributed by atoms with van der Waals surface area (Å²) in [5.74, 6) is -0.819. The summed E-state index contributed by atoms with van der Waals surface area (Å²) in [6, 6.07) is -0.574. The summed E-state index contributed by atoms with van der Waals surface area (Å²) in [5, 5.41) is 9.10. The lowest BCUT2D eigenvalue weighted by Crippen LogP contribution is -2.40. The second-order valence-electron chi connectivity index (χ2n) is 6.87. The molecule has 4 nitrogen and oxygen atoms in total. The Hall–Kier alpha value is -1.06. The first-order valence-electron chi connectivity index (χ1n) is 9.69. The van der Waals surface area contributed by atoms with E-state index in [1.807, 2.05) is 0 Å². The topological polar surface area (TPSA) is 57.6 Å². The zero-order valence-corrected chi connectivity index (χ0v) is 14.9. The van der Waals surface area contributed by atoms with Crippen molar-refractivity contribution in [3.8, 4) is 0 Å². The second-order valence-corrected chi connectivity index (χ2v) is 6.87. The number of amides is 1. The molecular weight excluding hydrogens is 290 g/mol. The first-order chi connectivity index (χ1) is 11.2. The van der Waals surface area contributed by atoms with Crippen molar-refractivity contribution in [1.29, 1.82) is 0 Å². The highest BCUT2D eigenvalue weighted by Crippen LogP contribution is 2.19. The Labute approximate surface area is 141 Å². The van der Waals surface area contributed by atoms with E-state index in [1.165, 1.54) is 57.8 Å². The fourth-order valence-electron chi connectivity index (χ4n) is 3.41. The van der Waals surface area contributed by atoms with Crippen LogP contribution in [0.4, 0.5) is 0 Å². The van der Waals surface area contributed by atoms with E-state index in [2.05, 4.69) is 6.92 Å². The predicted molar refractivity (Wildman–Crippen MR) is 93.4 cm³/mol. The molecule has 0 aliphatic carbocycles. The molecule has 0 aromatic carbocycles. The first kappa shape index (κ1) is 20.0. The summed E-state index contributed by atoms with van der Waals surface area (Å²) in [7, 11) is 0. The molecule has 0 unspecified atom stereocenters. The summed E-state index contributed by atoms with van der Waals surface area (Å²) in [6.45, 7) is 2.87. The lowest BCUT2D eigenvalue weighted by molar-refractivity contribution is -0.148. The molecule has 0 saturated carbocycles. The monoisotopic (exact) mass is 325 g/mol. The van der Waals surface area contributed by atoms with Crippen LogP contribution in [0.15, 0.2) is 0 Å². The zero-order chi connectivity index (χ0) is 16.9. The van der Waals surface area contributed by atoms with Crippen molar-refractivity contribution in [2.45, 2.75) is 103 Å². The van der Waals surface area contributed by atoms with Crippen LogP contribution in [-0.2, 0) is 9.59 Å². The van der Waals surface area contributed by atoms with E-state index < -0.39 is 12.0 Å². The summed E-state index contributed by atoms with van der Waals surface area (Å²) >= 11 is 0. The van der Waals surface area contributed by atoms with Gasteiger partial charge >= 0.3 is 5.97 Å². The fraction of sp³-hybridized carbons (Fsp3) is 0.895. The van der Waals surface area contributed by atoms with E-state index in [0.29, 0.717) is 19.4 Å². The molecule has 4 heteroatoms. The van der Waals surface area contributed by atoms with E-state index in [-0.39, 0.29) is 5.91 Å². The number of hydrogen-bond acceptors (Lipinski definition) is 2. The number of hydrogen-bond donors (Lipinski definition) is 1. The Morgan fingerprint density at radius 2 is 1.43 bits per heavy atom. The molecule has 1 rings (SSSR count). The van der Waals surface area contributed by atoms with Gasteiger partial charge in [0.25, 0.3) is 0 Å². The summed E-state index contributed by atoms with van der Waals surface area (Å²) < 4.78 is 0. The van der Waals surface area contributed by atoms with Crippen LogP contribution in [0.3, 0.4) is 0 Å². The van der Waals surface area contributed by atoms with Crippen molar-refractivity contribution < 1.29 is 14.7 Å². The quantitative estimate of drug-likeness (QED) is 0.497. The number of carboxylic acid groups (broad SMARTS) is 1. The van der Waals surface area contributed by atoms with Crippen molar-refractivity contribution >= 4 is 11.9 Å². The number of carbonyl (C=O) groups excluding carboxylic acids is 1. The Morgan fingerprint density at radius 1 is 0.913 bits per heavy atom. The van der Waals surface area contributed by atoms with E-state index in [9.17, 15) is 9.59 Å². The predicted octanol–water partition coefficient (Wildman–Crippen LogP) is 4.76. The van der Waals surface area contributed by atoms with Gasteiger partial charge in [-0.1, -0.05) is 71.1 Å². The average Bonchev–Trinajstić information content (AvgIpc) is 3.02. The molecule has 1 aliphatic rings. The third-order valence-corrected chi connectivity index (χ3v) is 4.85. The third-order valence-electron chi connectivity index (χ3n) is 4.85. The van der Waals surface area contributed by atoms with Crippen LogP contribution in [0.2, 0.25) is 0 Å². The summed E-state index contributed by atoms with van der Waals surface area (Å²) in [6.07, 6.45) is 15.9. The van der Waals surface area contributed by atoms with Crippen molar-refractivity contribution in [2.24, 2.45) is 0 Å². The minimum atomic E-state index is -0.852. The van der Waals surface area contributed by atoms with Crippen LogP contribution in [0.5, 0.6) is 0 Å². The van der Waals surface area contributed by atoms with Crippen LogP contribution in [0.25, 0.3) is 0 Å². The van der Waals surface area contributed by atoms with Gasteiger partial charge in [-0.2, -0.15) is 0 Å². The smallest absolute Gasteiger partial charge is 0.326 e. The van der Waals surface area contributed by atoms with Gasteiger partial charge < -0.3 is 10.0 Å². The highest BCUT2D eigenvalue weighted by atomic mass is 16.4. The largest absolute Gasteiger partial charge is 0.480 e. The van der Waals surface area contributed by atoms with Crippen LogP contribution in [-0.4, -0.2) is 34.5 Å². The van der Waals surface area contributed by atoms with Crippen molar-refractivity contribution in [1.82, 2.24) is 4.90 Å². The van der Waals surface area contributed by atoms with Gasteiger partial charge in [0.05, 0.1) is 0 Å². The molecule has 0 spiro atoms. The molecule has 23 heavy (non-hydrogen) atoms. The van der Waals surface area contributed by atoms with Gasteiger partial charge in [-0.05, 0) is 19.3 Å². The molecular formula is C19H35NO3. The lowest BCUT2D eigenvalue weighted by atomic mass is 10.1. The van der Waals surface area contributed by atoms with Crippen molar-refractivity contribution in [3.05, 3.63) is 0 Å². The highest BCUT2D eigenvalue weighted by Gasteiger charge is 2.33. The Kier molecular flexibility index (Phi) is 10.8. The Bertz CT molecular complexity index is 344. The van der Waals surface area contributed by atoms with Gasteiger partial charge in [0, 0.05) is 13.0 Å². The van der Waals surface area contributed by atoms with Crippen molar-refractivity contribution in [3.63, 3.8) is 0 Å². The lowest BCUT2D eigenvalue weighted by Gasteiger charge is -2.21. The number of carboxylic acids is 1. The second kappa shape index (κ2) is 12.4. The molecule has 0 aromatic rings. The molecule has 0 radical (unpaired) electrons. The maximum absolute atomic E-state index is 12.1. The normalized spacial score (nSPS) is 17.6. The van der Waals surface area contributed by atoms with Gasteiger partial charge in [0.15, 0.2) is 0 Å². The minimum Gasteiger partial charge on any atom is -0.480 e. The average molecular weight is 325 g/mol. The van der Waals surface area contributed by atoms with E-state index >= 15 is 0 Å². The van der Waals surface area contributed by atoms with Crippen LogP contribution in [0.1, 0.15) is 96.8 Å². The van der Waals surface area contributed by atoms with Gasteiger partial charge in [-0.25, -0.2) is 4.79 Å². The maximum atomic E-state index is 12.1. The third kappa shape index (κ3) is 8.38. The van der Waals surface area contributed by atoms with E-state index in [4.69, 9.17) is 5.11 Å². The van der Waals surface area contributed by atoms with Gasteiger partial charge in [-0.15, -0.1) is 0 Å². The highest BCUT2D eigenvalue weighted by molar-refractivity contribution is 5.84. The van der Waals surface area contributed by atoms with Gasteiger partial charge in [0.2, 0.25) is 5.91 Å². The molecule has 1 amide bonds. The number of rotatable bonds is 13. The molecule has 1 aliphatic heterocycles. The molecule has 0 aromatic heterocycles. The minimum absolute atomic E-state index is 0.0332. The Morgan fingerprint density at radius 3 is 1.96 bits per heavy atom. The molecule has 1 atom stereocenters. The number of likely N-dealkylation sites (tertiary alicyclic amines) is 1.